The second-order valence-electron chi connectivity index (χ2n) is 7.00. The van der Waals surface area contributed by atoms with Crippen molar-refractivity contribution in [2.24, 2.45) is 23.2 Å². The van der Waals surface area contributed by atoms with Crippen molar-refractivity contribution in [3.05, 3.63) is 30.3 Å². The molecule has 20 heavy (non-hydrogen) atoms. The van der Waals surface area contributed by atoms with Crippen LogP contribution in [0.5, 0.6) is 0 Å². The Morgan fingerprint density at radius 1 is 1.00 bits per heavy atom. The van der Waals surface area contributed by atoms with E-state index in [1.54, 1.807) is 4.19 Å². The van der Waals surface area contributed by atoms with Crippen molar-refractivity contribution < 1.29 is 0 Å². The molecular formula is C17H20ClPSe. The van der Waals surface area contributed by atoms with Crippen LogP contribution in [0.4, 0.5) is 0 Å². The third kappa shape index (κ3) is 2.42. The Morgan fingerprint density at radius 3 is 2.05 bits per heavy atom. The van der Waals surface area contributed by atoms with E-state index in [-0.39, 0.29) is 0 Å². The SMILES string of the molecule is ClP=C([Se]c1ccccc1)C12CC3CC(CC(C3)C1)C2. The Bertz CT molecular complexity index is 490. The van der Waals surface area contributed by atoms with Crippen LogP contribution in [-0.4, -0.2) is 19.1 Å². The van der Waals surface area contributed by atoms with Gasteiger partial charge in [-0.3, -0.25) is 0 Å². The van der Waals surface area contributed by atoms with Gasteiger partial charge in [0.15, 0.2) is 0 Å². The molecule has 106 valence electrons. The summed E-state index contributed by atoms with van der Waals surface area (Å²) in [5.41, 5.74) is 0.522. The minimum absolute atomic E-state index is 0.455. The van der Waals surface area contributed by atoms with Gasteiger partial charge in [-0.05, 0) is 0 Å². The first-order valence-electron chi connectivity index (χ1n) is 7.70. The number of benzene rings is 1. The van der Waals surface area contributed by atoms with E-state index in [0.29, 0.717) is 20.4 Å². The first-order chi connectivity index (χ1) is 9.77. The molecule has 0 aliphatic heterocycles. The van der Waals surface area contributed by atoms with Crippen molar-refractivity contribution in [1.82, 2.24) is 0 Å². The normalized spacial score (nSPS) is 39.2. The molecule has 0 atom stereocenters. The Balaban J connectivity index is 1.62. The predicted molar refractivity (Wildman–Crippen MR) is 90.2 cm³/mol. The van der Waals surface area contributed by atoms with Crippen LogP contribution in [0, 0.1) is 23.2 Å². The molecule has 0 amide bonds. The molecule has 0 saturated heterocycles. The van der Waals surface area contributed by atoms with Crippen molar-refractivity contribution in [2.75, 3.05) is 0 Å². The monoisotopic (exact) mass is 370 g/mol. The van der Waals surface area contributed by atoms with Crippen LogP contribution < -0.4 is 4.46 Å². The molecule has 1 aromatic rings. The van der Waals surface area contributed by atoms with Crippen molar-refractivity contribution >= 4 is 42.4 Å². The molecular weight excluding hydrogens is 350 g/mol. The summed E-state index contributed by atoms with van der Waals surface area (Å²) < 4.78 is 3.18. The average Bonchev–Trinajstić information content (AvgIpc) is 2.44. The van der Waals surface area contributed by atoms with Crippen LogP contribution >= 0.6 is 18.8 Å². The molecule has 0 nitrogen and oxygen atoms in total. The fraction of sp³-hybridized carbons (Fsp3) is 0.588. The van der Waals surface area contributed by atoms with Crippen molar-refractivity contribution in [2.45, 2.75) is 38.5 Å². The van der Waals surface area contributed by atoms with Crippen LogP contribution in [0.1, 0.15) is 38.5 Å². The van der Waals surface area contributed by atoms with E-state index >= 15 is 0 Å². The standard InChI is InChI=1S/C17H20ClPSe/c18-19-16(20-15-4-2-1-3-5-15)17-9-12-6-13(10-17)8-14(7-12)11-17/h1-5,12-14H,6-11H2. The van der Waals surface area contributed by atoms with Crippen molar-refractivity contribution in [1.29, 1.82) is 0 Å². The van der Waals surface area contributed by atoms with E-state index < -0.39 is 0 Å². The van der Waals surface area contributed by atoms with E-state index in [1.165, 1.54) is 43.0 Å². The Morgan fingerprint density at radius 2 is 1.55 bits per heavy atom. The zero-order valence-corrected chi connectivity index (χ0v) is 15.0. The topological polar surface area (TPSA) is 0 Å². The second kappa shape index (κ2) is 5.44. The van der Waals surface area contributed by atoms with Crippen LogP contribution in [0.15, 0.2) is 30.3 Å². The van der Waals surface area contributed by atoms with Crippen LogP contribution in [0.2, 0.25) is 0 Å². The summed E-state index contributed by atoms with van der Waals surface area (Å²) in [5.74, 6) is 3.05. The molecule has 0 unspecified atom stereocenters. The van der Waals surface area contributed by atoms with Gasteiger partial charge in [-0.1, -0.05) is 0 Å². The number of hydrogen-bond donors (Lipinski definition) is 0. The number of halogens is 1. The van der Waals surface area contributed by atoms with Gasteiger partial charge >= 0.3 is 134 Å². The summed E-state index contributed by atoms with van der Waals surface area (Å²) >= 11 is 6.86. The van der Waals surface area contributed by atoms with Gasteiger partial charge in [0.2, 0.25) is 0 Å². The first kappa shape index (κ1) is 13.8. The van der Waals surface area contributed by atoms with Gasteiger partial charge < -0.3 is 0 Å². The van der Waals surface area contributed by atoms with Crippen molar-refractivity contribution in [3.63, 3.8) is 0 Å². The van der Waals surface area contributed by atoms with E-state index in [1.807, 2.05) is 0 Å². The van der Waals surface area contributed by atoms with E-state index in [2.05, 4.69) is 30.3 Å². The van der Waals surface area contributed by atoms with E-state index in [4.69, 9.17) is 11.2 Å². The molecule has 0 aromatic heterocycles. The summed E-state index contributed by atoms with van der Waals surface area (Å²) in [6.45, 7) is 0. The van der Waals surface area contributed by atoms with Gasteiger partial charge in [-0.2, -0.15) is 0 Å². The van der Waals surface area contributed by atoms with Crippen LogP contribution in [0.25, 0.3) is 0 Å². The Labute approximate surface area is 134 Å². The first-order valence-corrected chi connectivity index (χ1v) is 11.2. The fourth-order valence-electron chi connectivity index (χ4n) is 5.19. The molecule has 4 bridgehead atoms. The summed E-state index contributed by atoms with van der Waals surface area (Å²) in [4.78, 5) is 0. The molecule has 1 aromatic carbocycles. The van der Waals surface area contributed by atoms with Crippen molar-refractivity contribution in [3.8, 4) is 0 Å². The zero-order valence-electron chi connectivity index (χ0n) is 11.6. The molecule has 5 rings (SSSR count). The second-order valence-corrected chi connectivity index (χ2v) is 11.1. The summed E-state index contributed by atoms with van der Waals surface area (Å²) in [5, 5.41) is 0. The van der Waals surface area contributed by atoms with E-state index in [9.17, 15) is 0 Å². The predicted octanol–water partition coefficient (Wildman–Crippen LogP) is 4.46. The number of rotatable bonds is 3. The molecule has 4 aliphatic carbocycles. The quantitative estimate of drug-likeness (QED) is 0.545. The maximum atomic E-state index is 6.40. The fourth-order valence-corrected chi connectivity index (χ4v) is 9.58. The molecule has 0 heterocycles. The Hall–Kier alpha value is 0.199. The molecule has 4 aliphatic rings. The molecule has 0 spiro atoms. The maximum absolute atomic E-state index is 6.40. The third-order valence-corrected chi connectivity index (χ3v) is 10.8. The molecule has 4 fully saturated rings. The van der Waals surface area contributed by atoms with Gasteiger partial charge in [0, 0.05) is 0 Å². The van der Waals surface area contributed by atoms with Gasteiger partial charge in [0.05, 0.1) is 0 Å². The van der Waals surface area contributed by atoms with Gasteiger partial charge in [0.25, 0.3) is 0 Å². The minimum atomic E-state index is 0.455. The molecule has 4 saturated carbocycles. The Kier molecular flexibility index (Phi) is 3.76. The third-order valence-electron chi connectivity index (χ3n) is 5.53. The molecule has 0 radical (unpaired) electrons. The van der Waals surface area contributed by atoms with Crippen LogP contribution in [-0.2, 0) is 0 Å². The molecule has 3 heteroatoms. The van der Waals surface area contributed by atoms with Gasteiger partial charge in [-0.25, -0.2) is 0 Å². The van der Waals surface area contributed by atoms with Gasteiger partial charge in [0.1, 0.15) is 0 Å². The summed E-state index contributed by atoms with van der Waals surface area (Å²) in [6, 6.07) is 11.0. The summed E-state index contributed by atoms with van der Waals surface area (Å²) in [7, 11) is 1.05. The summed E-state index contributed by atoms with van der Waals surface area (Å²) in [6.07, 6.45) is 8.89. The number of hydrogen-bond acceptors (Lipinski definition) is 0. The van der Waals surface area contributed by atoms with Crippen LogP contribution in [0.3, 0.4) is 0 Å². The average molecular weight is 370 g/mol. The zero-order chi connectivity index (χ0) is 13.6. The van der Waals surface area contributed by atoms with Gasteiger partial charge in [-0.15, -0.1) is 0 Å². The van der Waals surface area contributed by atoms with E-state index in [0.717, 1.165) is 25.3 Å². The molecule has 0 N–H and O–H groups in total.